The number of aryl methyl sites for hydroxylation is 1. The molecule has 2 heterocycles. The van der Waals surface area contributed by atoms with E-state index in [1.165, 1.54) is 11.3 Å². The van der Waals surface area contributed by atoms with Crippen molar-refractivity contribution < 1.29 is 19.0 Å². The fourth-order valence-corrected chi connectivity index (χ4v) is 3.45. The Morgan fingerprint density at radius 1 is 1.12 bits per heavy atom. The molecule has 0 saturated heterocycles. The third-order valence-electron chi connectivity index (χ3n) is 3.55. The Bertz CT molecular complexity index is 720. The van der Waals surface area contributed by atoms with Crippen LogP contribution < -0.4 is 15.4 Å². The summed E-state index contributed by atoms with van der Waals surface area (Å²) in [5, 5.41) is 6.86. The number of fused-ring (bicyclic) bond motifs is 1. The van der Waals surface area contributed by atoms with Gasteiger partial charge in [-0.25, -0.2) is 4.98 Å². The largest absolute Gasteiger partial charge is 0.480 e. The molecule has 2 N–H and O–H groups in total. The van der Waals surface area contributed by atoms with E-state index in [1.807, 2.05) is 6.92 Å². The van der Waals surface area contributed by atoms with Crippen LogP contribution in [0.25, 0.3) is 10.2 Å². The molecule has 25 heavy (non-hydrogen) atoms. The van der Waals surface area contributed by atoms with E-state index in [0.29, 0.717) is 36.3 Å². The van der Waals surface area contributed by atoms with Gasteiger partial charge in [0.25, 0.3) is 5.91 Å². The van der Waals surface area contributed by atoms with Crippen LogP contribution in [0, 0.1) is 6.92 Å². The SMILES string of the molecule is COCCNCCNC(=O)c1sc2nc(COC)nc(OC)c2c1C. The van der Waals surface area contributed by atoms with E-state index in [-0.39, 0.29) is 12.5 Å². The van der Waals surface area contributed by atoms with Crippen LogP contribution in [-0.2, 0) is 16.1 Å². The van der Waals surface area contributed by atoms with Crippen molar-refractivity contribution in [2.45, 2.75) is 13.5 Å². The van der Waals surface area contributed by atoms with Crippen LogP contribution in [0.15, 0.2) is 0 Å². The van der Waals surface area contributed by atoms with Gasteiger partial charge in [-0.15, -0.1) is 11.3 Å². The van der Waals surface area contributed by atoms with Crippen molar-refractivity contribution in [2.75, 3.05) is 47.6 Å². The molecular weight excluding hydrogens is 344 g/mol. The van der Waals surface area contributed by atoms with E-state index in [4.69, 9.17) is 14.2 Å². The zero-order valence-corrected chi connectivity index (χ0v) is 15.8. The number of amides is 1. The monoisotopic (exact) mass is 368 g/mol. The second kappa shape index (κ2) is 9.62. The first-order valence-corrected chi connectivity index (χ1v) is 8.74. The van der Waals surface area contributed by atoms with Crippen molar-refractivity contribution in [3.05, 3.63) is 16.3 Å². The Balaban J connectivity index is 2.12. The molecule has 138 valence electrons. The maximum atomic E-state index is 12.5. The Hall–Kier alpha value is -1.81. The predicted molar refractivity (Wildman–Crippen MR) is 96.5 cm³/mol. The first-order chi connectivity index (χ1) is 12.1. The molecule has 1 amide bonds. The molecule has 0 aliphatic carbocycles. The molecule has 0 radical (unpaired) electrons. The van der Waals surface area contributed by atoms with Gasteiger partial charge < -0.3 is 24.8 Å². The predicted octanol–water partition coefficient (Wildman–Crippen LogP) is 1.12. The number of nitrogens with one attached hydrogen (secondary N) is 2. The van der Waals surface area contributed by atoms with E-state index in [1.54, 1.807) is 21.3 Å². The molecule has 0 saturated carbocycles. The number of carbonyl (C=O) groups excluding carboxylic acids is 1. The molecule has 0 fully saturated rings. The van der Waals surface area contributed by atoms with Crippen molar-refractivity contribution >= 4 is 27.5 Å². The lowest BCUT2D eigenvalue weighted by Crippen LogP contribution is -2.32. The zero-order valence-electron chi connectivity index (χ0n) is 15.0. The molecular formula is C16H24N4O4S. The fraction of sp³-hybridized carbons (Fsp3) is 0.562. The number of hydrogen-bond acceptors (Lipinski definition) is 8. The van der Waals surface area contributed by atoms with Gasteiger partial charge in [-0.3, -0.25) is 4.79 Å². The van der Waals surface area contributed by atoms with Crippen LogP contribution in [-0.4, -0.2) is 63.4 Å². The normalized spacial score (nSPS) is 11.0. The lowest BCUT2D eigenvalue weighted by molar-refractivity contribution is 0.0957. The molecule has 0 aliphatic rings. The second-order valence-electron chi connectivity index (χ2n) is 5.32. The maximum Gasteiger partial charge on any atom is 0.261 e. The lowest BCUT2D eigenvalue weighted by atomic mass is 10.2. The Morgan fingerprint density at radius 2 is 1.92 bits per heavy atom. The summed E-state index contributed by atoms with van der Waals surface area (Å²) >= 11 is 1.33. The molecule has 0 aliphatic heterocycles. The Kier molecular flexibility index (Phi) is 7.51. The first kappa shape index (κ1) is 19.5. The van der Waals surface area contributed by atoms with Gasteiger partial charge in [0.15, 0.2) is 5.82 Å². The number of methoxy groups -OCH3 is 3. The summed E-state index contributed by atoms with van der Waals surface area (Å²) in [6.07, 6.45) is 0. The number of carbonyl (C=O) groups is 1. The number of nitrogens with zero attached hydrogens (tertiary/aromatic N) is 2. The Labute approximate surface area is 150 Å². The van der Waals surface area contributed by atoms with Crippen LogP contribution in [0.3, 0.4) is 0 Å². The summed E-state index contributed by atoms with van der Waals surface area (Å²) in [4.78, 5) is 22.6. The number of ether oxygens (including phenoxy) is 3. The average molecular weight is 368 g/mol. The molecule has 0 spiro atoms. The van der Waals surface area contributed by atoms with Crippen molar-refractivity contribution in [3.8, 4) is 5.88 Å². The van der Waals surface area contributed by atoms with Crippen molar-refractivity contribution in [1.82, 2.24) is 20.6 Å². The standard InChI is InChI=1S/C16H24N4O4S/c1-10-12-15(24-4)19-11(9-23-3)20-16(12)25-13(10)14(21)18-6-5-17-7-8-22-2/h17H,5-9H2,1-4H3,(H,18,21). The molecule has 2 aromatic heterocycles. The van der Waals surface area contributed by atoms with Gasteiger partial charge in [0.05, 0.1) is 24.0 Å². The van der Waals surface area contributed by atoms with Gasteiger partial charge in [-0.05, 0) is 12.5 Å². The van der Waals surface area contributed by atoms with Crippen LogP contribution in [0.4, 0.5) is 0 Å². The number of aromatic nitrogens is 2. The third-order valence-corrected chi connectivity index (χ3v) is 4.73. The van der Waals surface area contributed by atoms with Crippen molar-refractivity contribution in [1.29, 1.82) is 0 Å². The van der Waals surface area contributed by atoms with Crippen LogP contribution in [0.5, 0.6) is 5.88 Å². The minimum absolute atomic E-state index is 0.121. The highest BCUT2D eigenvalue weighted by Gasteiger charge is 2.20. The summed E-state index contributed by atoms with van der Waals surface area (Å²) in [5.74, 6) is 0.873. The highest BCUT2D eigenvalue weighted by Crippen LogP contribution is 2.34. The summed E-state index contributed by atoms with van der Waals surface area (Å²) in [6, 6.07) is 0. The summed E-state index contributed by atoms with van der Waals surface area (Å²) in [7, 11) is 4.79. The molecule has 9 heteroatoms. The average Bonchev–Trinajstić information content (AvgIpc) is 2.94. The molecule has 0 unspecified atom stereocenters. The second-order valence-corrected chi connectivity index (χ2v) is 6.32. The quantitative estimate of drug-likeness (QED) is 0.607. The van der Waals surface area contributed by atoms with E-state index in [9.17, 15) is 4.79 Å². The van der Waals surface area contributed by atoms with Crippen LogP contribution in [0.2, 0.25) is 0 Å². The smallest absolute Gasteiger partial charge is 0.261 e. The van der Waals surface area contributed by atoms with Gasteiger partial charge >= 0.3 is 0 Å². The Morgan fingerprint density at radius 3 is 2.60 bits per heavy atom. The molecule has 0 atom stereocenters. The fourth-order valence-electron chi connectivity index (χ4n) is 2.35. The van der Waals surface area contributed by atoms with Crippen LogP contribution in [0.1, 0.15) is 21.1 Å². The van der Waals surface area contributed by atoms with Gasteiger partial charge in [0.1, 0.15) is 11.4 Å². The molecule has 2 aromatic rings. The van der Waals surface area contributed by atoms with E-state index in [0.717, 1.165) is 22.3 Å². The summed E-state index contributed by atoms with van der Waals surface area (Å²) < 4.78 is 15.4. The van der Waals surface area contributed by atoms with Crippen LogP contribution >= 0.6 is 11.3 Å². The third kappa shape index (κ3) is 4.85. The van der Waals surface area contributed by atoms with Gasteiger partial charge in [0.2, 0.25) is 5.88 Å². The highest BCUT2D eigenvalue weighted by atomic mass is 32.1. The minimum Gasteiger partial charge on any atom is -0.480 e. The summed E-state index contributed by atoms with van der Waals surface area (Å²) in [6.45, 7) is 4.79. The molecule has 0 bridgehead atoms. The summed E-state index contributed by atoms with van der Waals surface area (Å²) in [5.41, 5.74) is 0.825. The maximum absolute atomic E-state index is 12.5. The zero-order chi connectivity index (χ0) is 18.2. The number of thiophene rings is 1. The van der Waals surface area contributed by atoms with Crippen molar-refractivity contribution in [3.63, 3.8) is 0 Å². The molecule has 8 nitrogen and oxygen atoms in total. The van der Waals surface area contributed by atoms with Gasteiger partial charge in [-0.2, -0.15) is 4.98 Å². The van der Waals surface area contributed by atoms with Gasteiger partial charge in [0, 0.05) is 33.9 Å². The number of hydrogen-bond donors (Lipinski definition) is 2. The minimum atomic E-state index is -0.121. The van der Waals surface area contributed by atoms with E-state index < -0.39 is 0 Å². The lowest BCUT2D eigenvalue weighted by Gasteiger charge is -2.06. The highest BCUT2D eigenvalue weighted by molar-refractivity contribution is 7.20. The topological polar surface area (TPSA) is 94.6 Å². The van der Waals surface area contributed by atoms with Crippen molar-refractivity contribution in [2.24, 2.45) is 0 Å². The number of rotatable bonds is 10. The first-order valence-electron chi connectivity index (χ1n) is 7.93. The molecule has 0 aromatic carbocycles. The van der Waals surface area contributed by atoms with Gasteiger partial charge in [-0.1, -0.05) is 0 Å². The van der Waals surface area contributed by atoms with E-state index >= 15 is 0 Å². The molecule has 2 rings (SSSR count). The van der Waals surface area contributed by atoms with E-state index in [2.05, 4.69) is 20.6 Å².